The summed E-state index contributed by atoms with van der Waals surface area (Å²) in [5, 5.41) is 3.50. The Balaban J connectivity index is 1.62. The predicted octanol–water partition coefficient (Wildman–Crippen LogP) is 5.55. The van der Waals surface area contributed by atoms with Gasteiger partial charge in [0, 0.05) is 19.8 Å². The number of halogens is 3. The molecule has 0 atom stereocenters. The fourth-order valence-electron chi connectivity index (χ4n) is 2.62. The summed E-state index contributed by atoms with van der Waals surface area (Å²) >= 11 is 5.79. The molecule has 0 saturated heterocycles. The topological polar surface area (TPSA) is 12.0 Å². The first-order chi connectivity index (χ1) is 9.63. The average molecular weight is 446 g/mol. The van der Waals surface area contributed by atoms with Crippen molar-refractivity contribution >= 4 is 44.2 Å². The Labute approximate surface area is 140 Å². The second-order valence-electron chi connectivity index (χ2n) is 5.16. The van der Waals surface area contributed by atoms with E-state index in [-0.39, 0.29) is 5.82 Å². The van der Waals surface area contributed by atoms with Gasteiger partial charge in [-0.05, 0) is 71.2 Å². The van der Waals surface area contributed by atoms with Gasteiger partial charge < -0.3 is 5.32 Å². The number of anilines is 1. The van der Waals surface area contributed by atoms with E-state index in [0.29, 0.717) is 12.0 Å². The van der Waals surface area contributed by atoms with Crippen LogP contribution in [0.4, 0.5) is 10.1 Å². The maximum absolute atomic E-state index is 13.1. The Morgan fingerprint density at radius 1 is 1.15 bits per heavy atom. The maximum Gasteiger partial charge on any atom is 0.124 e. The van der Waals surface area contributed by atoms with Gasteiger partial charge in [-0.3, -0.25) is 0 Å². The van der Waals surface area contributed by atoms with Gasteiger partial charge in [-0.15, -0.1) is 0 Å². The molecular formula is C16H14BrFIN. The van der Waals surface area contributed by atoms with E-state index in [2.05, 4.69) is 62.0 Å². The van der Waals surface area contributed by atoms with Gasteiger partial charge >= 0.3 is 0 Å². The molecule has 4 heteroatoms. The quantitative estimate of drug-likeness (QED) is 0.610. The summed E-state index contributed by atoms with van der Waals surface area (Å²) in [4.78, 5) is 0. The smallest absolute Gasteiger partial charge is 0.124 e. The van der Waals surface area contributed by atoms with Gasteiger partial charge in [0.2, 0.25) is 0 Å². The summed E-state index contributed by atoms with van der Waals surface area (Å²) < 4.78 is 15.2. The Kier molecular flexibility index (Phi) is 4.31. The van der Waals surface area contributed by atoms with E-state index in [1.54, 1.807) is 6.07 Å². The van der Waals surface area contributed by atoms with E-state index in [9.17, 15) is 4.39 Å². The molecule has 104 valence electrons. The molecule has 2 aromatic rings. The zero-order valence-corrected chi connectivity index (χ0v) is 14.5. The van der Waals surface area contributed by atoms with E-state index in [1.807, 2.05) is 12.1 Å². The lowest BCUT2D eigenvalue weighted by molar-refractivity contribution is 0.373. The molecule has 1 aliphatic rings. The molecule has 0 aliphatic heterocycles. The van der Waals surface area contributed by atoms with Crippen LogP contribution in [0.25, 0.3) is 0 Å². The van der Waals surface area contributed by atoms with Gasteiger partial charge in [0.15, 0.2) is 0 Å². The second kappa shape index (κ2) is 6.02. The van der Waals surface area contributed by atoms with Crippen LogP contribution >= 0.6 is 38.5 Å². The van der Waals surface area contributed by atoms with Crippen molar-refractivity contribution in [3.8, 4) is 0 Å². The van der Waals surface area contributed by atoms with Crippen LogP contribution in [-0.2, 0) is 0 Å². The molecule has 1 nitrogen and oxygen atoms in total. The number of rotatable bonds is 3. The van der Waals surface area contributed by atoms with Crippen LogP contribution < -0.4 is 5.32 Å². The first-order valence-electron chi connectivity index (χ1n) is 6.59. The molecule has 1 aliphatic carbocycles. The third kappa shape index (κ3) is 3.01. The lowest BCUT2D eigenvalue weighted by Crippen LogP contribution is -2.34. The molecule has 1 N–H and O–H groups in total. The average Bonchev–Trinajstić information content (AvgIpc) is 2.37. The van der Waals surface area contributed by atoms with Gasteiger partial charge in [-0.1, -0.05) is 34.1 Å². The van der Waals surface area contributed by atoms with Crippen molar-refractivity contribution in [2.75, 3.05) is 5.32 Å². The third-order valence-corrected chi connectivity index (χ3v) is 5.39. The van der Waals surface area contributed by atoms with Crippen LogP contribution in [0.2, 0.25) is 0 Å². The van der Waals surface area contributed by atoms with Crippen LogP contribution in [0.3, 0.4) is 0 Å². The minimum Gasteiger partial charge on any atom is -0.381 e. The Bertz CT molecular complexity index is 626. The Hall–Kier alpha value is -0.620. The molecule has 1 saturated carbocycles. The van der Waals surface area contributed by atoms with Gasteiger partial charge in [0.1, 0.15) is 5.82 Å². The number of hydrogen-bond acceptors (Lipinski definition) is 1. The minimum atomic E-state index is -0.181. The lowest BCUT2D eigenvalue weighted by Gasteiger charge is -2.37. The first kappa shape index (κ1) is 14.3. The van der Waals surface area contributed by atoms with Crippen LogP contribution in [0.15, 0.2) is 46.9 Å². The fraction of sp³-hybridized carbons (Fsp3) is 0.250. The van der Waals surface area contributed by atoms with E-state index in [1.165, 1.54) is 16.1 Å². The summed E-state index contributed by atoms with van der Waals surface area (Å²) in [6, 6.07) is 13.8. The molecule has 0 unspecified atom stereocenters. The van der Waals surface area contributed by atoms with Crippen LogP contribution in [0, 0.1) is 9.39 Å². The van der Waals surface area contributed by atoms with E-state index >= 15 is 0 Å². The number of nitrogens with one attached hydrogen (secondary N) is 1. The van der Waals surface area contributed by atoms with Crippen molar-refractivity contribution in [1.29, 1.82) is 0 Å². The van der Waals surface area contributed by atoms with Crippen molar-refractivity contribution in [1.82, 2.24) is 0 Å². The molecule has 0 aromatic heterocycles. The molecule has 20 heavy (non-hydrogen) atoms. The van der Waals surface area contributed by atoms with Gasteiger partial charge in [0.25, 0.3) is 0 Å². The summed E-state index contributed by atoms with van der Waals surface area (Å²) in [5.74, 6) is 0.431. The summed E-state index contributed by atoms with van der Waals surface area (Å²) in [5.41, 5.74) is 2.42. The predicted molar refractivity (Wildman–Crippen MR) is 92.6 cm³/mol. The second-order valence-corrected chi connectivity index (χ2v) is 7.17. The molecule has 0 amide bonds. The minimum absolute atomic E-state index is 0.181. The Morgan fingerprint density at radius 3 is 2.60 bits per heavy atom. The number of hydrogen-bond donors (Lipinski definition) is 1. The molecular weight excluding hydrogens is 432 g/mol. The maximum atomic E-state index is 13.1. The summed E-state index contributed by atoms with van der Waals surface area (Å²) in [6.45, 7) is 0. The molecule has 0 radical (unpaired) electrons. The molecule has 1 fully saturated rings. The summed E-state index contributed by atoms with van der Waals surface area (Å²) in [6.07, 6.45) is 2.24. The molecule has 2 aromatic carbocycles. The largest absolute Gasteiger partial charge is 0.381 e. The van der Waals surface area contributed by atoms with Crippen molar-refractivity contribution in [3.63, 3.8) is 0 Å². The number of benzene rings is 2. The standard InChI is InChI=1S/C16H14BrFIN/c17-14-4-2-1-3-13(14)10-7-12(8-10)20-16-6-5-11(18)9-15(16)19/h1-6,9-10,12,20H,7-8H2. The molecule has 0 heterocycles. The van der Waals surface area contributed by atoms with Crippen molar-refractivity contribution in [2.24, 2.45) is 0 Å². The van der Waals surface area contributed by atoms with Gasteiger partial charge in [0.05, 0.1) is 0 Å². The van der Waals surface area contributed by atoms with Crippen molar-refractivity contribution in [3.05, 3.63) is 61.9 Å². The van der Waals surface area contributed by atoms with Gasteiger partial charge in [-0.25, -0.2) is 4.39 Å². The SMILES string of the molecule is Fc1ccc(NC2CC(c3ccccc3Br)C2)c(I)c1. The van der Waals surface area contributed by atoms with E-state index < -0.39 is 0 Å². The third-order valence-electron chi connectivity index (χ3n) is 3.77. The normalized spacial score (nSPS) is 21.4. The molecule has 0 bridgehead atoms. The highest BCUT2D eigenvalue weighted by Crippen LogP contribution is 2.41. The first-order valence-corrected chi connectivity index (χ1v) is 8.46. The molecule has 0 spiro atoms. The zero-order chi connectivity index (χ0) is 14.1. The van der Waals surface area contributed by atoms with Crippen LogP contribution in [0.1, 0.15) is 24.3 Å². The van der Waals surface area contributed by atoms with Crippen LogP contribution in [-0.4, -0.2) is 6.04 Å². The van der Waals surface area contributed by atoms with Crippen LogP contribution in [0.5, 0.6) is 0 Å². The molecule has 3 rings (SSSR count). The van der Waals surface area contributed by atoms with Gasteiger partial charge in [-0.2, -0.15) is 0 Å². The zero-order valence-electron chi connectivity index (χ0n) is 10.7. The summed E-state index contributed by atoms with van der Waals surface area (Å²) in [7, 11) is 0. The highest BCUT2D eigenvalue weighted by atomic mass is 127. The van der Waals surface area contributed by atoms with Crippen molar-refractivity contribution in [2.45, 2.75) is 24.8 Å². The monoisotopic (exact) mass is 445 g/mol. The Morgan fingerprint density at radius 2 is 1.90 bits per heavy atom. The highest BCUT2D eigenvalue weighted by Gasteiger charge is 2.31. The van der Waals surface area contributed by atoms with Crippen molar-refractivity contribution < 1.29 is 4.39 Å². The highest BCUT2D eigenvalue weighted by molar-refractivity contribution is 14.1. The fourth-order valence-corrected chi connectivity index (χ4v) is 3.86. The lowest BCUT2D eigenvalue weighted by atomic mass is 9.76. The van der Waals surface area contributed by atoms with E-state index in [4.69, 9.17) is 0 Å². The van der Waals surface area contributed by atoms with E-state index in [0.717, 1.165) is 22.1 Å².